The lowest BCUT2D eigenvalue weighted by molar-refractivity contribution is 0.0697. The molecule has 1 N–H and O–H groups in total. The molecule has 3 aromatic heterocycles. The number of carboxylic acids is 1. The smallest absolute Gasteiger partial charge is 0.335 e. The number of methoxy groups -OCH3 is 4. The van der Waals surface area contributed by atoms with Crippen LogP contribution < -0.4 is 35.2 Å². The number of benzene rings is 6. The number of aromatic carboxylic acids is 1. The lowest BCUT2D eigenvalue weighted by Crippen LogP contribution is -2.05. The van der Waals surface area contributed by atoms with Crippen molar-refractivity contribution < 1.29 is 42.1 Å². The molecule has 3 heterocycles. The Labute approximate surface area is 353 Å². The van der Waals surface area contributed by atoms with Crippen molar-refractivity contribution >= 4 is 38.9 Å². The van der Waals surface area contributed by atoms with E-state index in [4.69, 9.17) is 37.3 Å². The van der Waals surface area contributed by atoms with Gasteiger partial charge in [0, 0.05) is 29.3 Å². The summed E-state index contributed by atoms with van der Waals surface area (Å²) in [5.74, 6) is 2.84. The molecule has 62 heavy (non-hydrogen) atoms. The second kappa shape index (κ2) is 18.7. The number of rotatable bonds is 8. The second-order valence-corrected chi connectivity index (χ2v) is 13.5. The Morgan fingerprint density at radius 1 is 0.468 bits per heavy atom. The van der Waals surface area contributed by atoms with Gasteiger partial charge in [-0.05, 0) is 109 Å². The molecular formula is C50H38O12. The van der Waals surface area contributed by atoms with Crippen molar-refractivity contribution in [3.8, 4) is 56.8 Å². The van der Waals surface area contributed by atoms with Gasteiger partial charge in [-0.25, -0.2) is 4.79 Å². The highest BCUT2D eigenvalue weighted by atomic mass is 16.5. The molecule has 0 fully saturated rings. The standard InChI is InChI=1S/C17H12O5.C17H14O4.C16H12O3/c1-21-12-6-7-13-15(8-12)22-9-14(16(13)18)10-2-4-11(5-3-10)17(19)20;1-19-12-5-3-11(4-6-12)17-10-15(18)14-9-13(20-2)7-8-16(14)21-17;1-18-12-8-6-11(7-9-12)16-10-14(17)13-4-2-3-5-15(13)19-16/h2-9H,1H3,(H,19,20);3-10H,1-2H3;2-10H,1H3. The van der Waals surface area contributed by atoms with E-state index in [9.17, 15) is 19.2 Å². The molecule has 0 bridgehead atoms. The summed E-state index contributed by atoms with van der Waals surface area (Å²) in [6.45, 7) is 0. The van der Waals surface area contributed by atoms with Crippen LogP contribution in [0.5, 0.6) is 23.0 Å². The van der Waals surface area contributed by atoms with Crippen LogP contribution in [0.25, 0.3) is 66.7 Å². The van der Waals surface area contributed by atoms with Crippen molar-refractivity contribution in [3.63, 3.8) is 0 Å². The maximum atomic E-state index is 12.5. The molecular weight excluding hydrogens is 793 g/mol. The first-order valence-electron chi connectivity index (χ1n) is 19.0. The third-order valence-corrected chi connectivity index (χ3v) is 9.74. The molecule has 0 aliphatic carbocycles. The van der Waals surface area contributed by atoms with Crippen LogP contribution in [0.1, 0.15) is 10.4 Å². The maximum absolute atomic E-state index is 12.5. The van der Waals surface area contributed by atoms with Crippen LogP contribution in [-0.2, 0) is 0 Å². The summed E-state index contributed by atoms with van der Waals surface area (Å²) in [6, 6.07) is 41.3. The van der Waals surface area contributed by atoms with E-state index in [2.05, 4.69) is 0 Å². The summed E-state index contributed by atoms with van der Waals surface area (Å²) < 4.78 is 37.5. The van der Waals surface area contributed by atoms with Gasteiger partial charge in [0.2, 0.25) is 0 Å². The molecule has 12 nitrogen and oxygen atoms in total. The van der Waals surface area contributed by atoms with Gasteiger partial charge in [0.15, 0.2) is 16.3 Å². The van der Waals surface area contributed by atoms with E-state index in [1.54, 1.807) is 82.0 Å². The number of hydrogen-bond donors (Lipinski definition) is 1. The molecule has 0 amide bonds. The second-order valence-electron chi connectivity index (χ2n) is 13.5. The summed E-state index contributed by atoms with van der Waals surface area (Å²) >= 11 is 0. The van der Waals surface area contributed by atoms with Gasteiger partial charge >= 0.3 is 5.97 Å². The summed E-state index contributed by atoms with van der Waals surface area (Å²) in [5, 5.41) is 10.4. The van der Waals surface area contributed by atoms with E-state index < -0.39 is 5.97 Å². The average Bonchev–Trinajstić information content (AvgIpc) is 3.32. The Bertz CT molecular complexity index is 3200. The van der Waals surface area contributed by atoms with Gasteiger partial charge in [-0.2, -0.15) is 0 Å². The molecule has 0 aliphatic heterocycles. The van der Waals surface area contributed by atoms with Crippen LogP contribution in [0.15, 0.2) is 179 Å². The molecule has 0 unspecified atom stereocenters. The molecule has 12 heteroatoms. The fourth-order valence-corrected chi connectivity index (χ4v) is 6.39. The van der Waals surface area contributed by atoms with E-state index in [1.165, 1.54) is 37.6 Å². The van der Waals surface area contributed by atoms with Crippen LogP contribution in [0.2, 0.25) is 0 Å². The quantitative estimate of drug-likeness (QED) is 0.154. The Morgan fingerprint density at radius 2 is 0.952 bits per heavy atom. The maximum Gasteiger partial charge on any atom is 0.335 e. The predicted octanol–water partition coefficient (Wildman–Crippen LogP) is 10.1. The molecule has 9 rings (SSSR count). The Hall–Kier alpha value is -8.38. The van der Waals surface area contributed by atoms with Crippen LogP contribution >= 0.6 is 0 Å². The van der Waals surface area contributed by atoms with Gasteiger partial charge < -0.3 is 37.3 Å². The molecule has 0 spiro atoms. The molecule has 6 aromatic carbocycles. The molecule has 0 saturated carbocycles. The summed E-state index contributed by atoms with van der Waals surface area (Å²) in [5.41, 5.74) is 4.10. The number of carbonyl (C=O) groups is 1. The molecule has 0 saturated heterocycles. The Balaban J connectivity index is 0.000000140. The number of ether oxygens (including phenoxy) is 4. The zero-order valence-corrected chi connectivity index (χ0v) is 33.9. The fourth-order valence-electron chi connectivity index (χ4n) is 6.39. The number of carboxylic acid groups (broad SMARTS) is 1. The highest BCUT2D eigenvalue weighted by molar-refractivity contribution is 5.89. The van der Waals surface area contributed by atoms with Crippen LogP contribution in [0.4, 0.5) is 0 Å². The van der Waals surface area contributed by atoms with Crippen LogP contribution in [0, 0.1) is 0 Å². The van der Waals surface area contributed by atoms with E-state index in [0.29, 0.717) is 67.1 Å². The number of para-hydroxylation sites is 1. The van der Waals surface area contributed by atoms with Crippen molar-refractivity contribution in [1.82, 2.24) is 0 Å². The lowest BCUT2D eigenvalue weighted by Gasteiger charge is -2.05. The minimum absolute atomic E-state index is 0.0346. The Kier molecular flexibility index (Phi) is 12.6. The normalized spacial score (nSPS) is 10.6. The largest absolute Gasteiger partial charge is 0.497 e. The van der Waals surface area contributed by atoms with E-state index in [0.717, 1.165) is 22.6 Å². The van der Waals surface area contributed by atoms with Gasteiger partial charge in [0.1, 0.15) is 57.5 Å². The average molecular weight is 831 g/mol. The van der Waals surface area contributed by atoms with Crippen LogP contribution in [-0.4, -0.2) is 39.5 Å². The van der Waals surface area contributed by atoms with Gasteiger partial charge in [0.05, 0.1) is 55.7 Å². The van der Waals surface area contributed by atoms with Gasteiger partial charge in [-0.3, -0.25) is 14.4 Å². The Morgan fingerprint density at radius 3 is 1.52 bits per heavy atom. The third kappa shape index (κ3) is 9.24. The van der Waals surface area contributed by atoms with Crippen LogP contribution in [0.3, 0.4) is 0 Å². The molecule has 9 aromatic rings. The zero-order valence-electron chi connectivity index (χ0n) is 33.9. The molecule has 0 atom stereocenters. The van der Waals surface area contributed by atoms with Crippen molar-refractivity contribution in [2.45, 2.75) is 0 Å². The van der Waals surface area contributed by atoms with E-state index in [-0.39, 0.29) is 21.8 Å². The topological polar surface area (TPSA) is 165 Å². The zero-order chi connectivity index (χ0) is 43.8. The highest BCUT2D eigenvalue weighted by Crippen LogP contribution is 2.27. The van der Waals surface area contributed by atoms with Crippen molar-refractivity contribution in [2.75, 3.05) is 28.4 Å². The monoisotopic (exact) mass is 830 g/mol. The molecule has 310 valence electrons. The van der Waals surface area contributed by atoms with Crippen molar-refractivity contribution in [1.29, 1.82) is 0 Å². The SMILES string of the molecule is COc1ccc(-c2cc(=O)c3cc(OC)ccc3o2)cc1.COc1ccc(-c2cc(=O)c3ccccc3o2)cc1.COc1ccc2c(=O)c(-c3ccc(C(=O)O)cc3)coc2c1. The summed E-state index contributed by atoms with van der Waals surface area (Å²) in [7, 11) is 6.33. The van der Waals surface area contributed by atoms with E-state index in [1.807, 2.05) is 60.7 Å². The van der Waals surface area contributed by atoms with Gasteiger partial charge in [-0.15, -0.1) is 0 Å². The first kappa shape index (κ1) is 41.8. The minimum atomic E-state index is -1.01. The number of hydrogen-bond acceptors (Lipinski definition) is 11. The van der Waals surface area contributed by atoms with E-state index >= 15 is 0 Å². The van der Waals surface area contributed by atoms with Gasteiger partial charge in [-0.1, -0.05) is 24.3 Å². The summed E-state index contributed by atoms with van der Waals surface area (Å²) in [4.78, 5) is 47.6. The molecule has 0 radical (unpaired) electrons. The highest BCUT2D eigenvalue weighted by Gasteiger charge is 2.12. The number of fused-ring (bicyclic) bond motifs is 3. The van der Waals surface area contributed by atoms with Crippen molar-refractivity contribution in [2.24, 2.45) is 0 Å². The van der Waals surface area contributed by atoms with Gasteiger partial charge in [0.25, 0.3) is 0 Å². The minimum Gasteiger partial charge on any atom is -0.497 e. The predicted molar refractivity (Wildman–Crippen MR) is 237 cm³/mol. The third-order valence-electron chi connectivity index (χ3n) is 9.74. The lowest BCUT2D eigenvalue weighted by atomic mass is 10.0. The first-order valence-corrected chi connectivity index (χ1v) is 19.0. The molecule has 0 aliphatic rings. The fraction of sp³-hybridized carbons (Fsp3) is 0.0800. The summed E-state index contributed by atoms with van der Waals surface area (Å²) in [6.07, 6.45) is 1.37. The first-order chi connectivity index (χ1) is 30.1. The van der Waals surface area contributed by atoms with Crippen molar-refractivity contribution in [3.05, 3.63) is 188 Å².